The van der Waals surface area contributed by atoms with Crippen molar-refractivity contribution < 1.29 is 23.6 Å². The zero-order valence-corrected chi connectivity index (χ0v) is 16.0. The number of nitrogens with zero attached hydrogens (tertiary/aromatic N) is 1. The van der Waals surface area contributed by atoms with Gasteiger partial charge in [-0.3, -0.25) is 14.5 Å². The van der Waals surface area contributed by atoms with Gasteiger partial charge in [0.25, 0.3) is 0 Å². The van der Waals surface area contributed by atoms with Crippen molar-refractivity contribution in [1.82, 2.24) is 4.90 Å². The molecule has 1 heterocycles. The topological polar surface area (TPSA) is 65.1 Å². The average Bonchev–Trinajstić information content (AvgIpc) is 2.62. The van der Waals surface area contributed by atoms with Gasteiger partial charge in [0.15, 0.2) is 0 Å². The van der Waals surface area contributed by atoms with Crippen LogP contribution in [-0.4, -0.2) is 50.7 Å². The second-order valence-electron chi connectivity index (χ2n) is 6.65. The van der Waals surface area contributed by atoms with E-state index >= 15 is 0 Å². The minimum absolute atomic E-state index is 0.100. The second kappa shape index (κ2) is 12.2. The monoisotopic (exact) mass is 373 g/mol. The normalized spacial score (nSPS) is 16.0. The Morgan fingerprint density at radius 1 is 1.00 bits per heavy atom. The average molecular weight is 373 g/mol. The molecule has 1 aromatic carbocycles. The van der Waals surface area contributed by atoms with Crippen LogP contribution in [0.1, 0.15) is 32.1 Å². The standard InChI is InChI=1S/C20H28BNO5/c1-22-16-19(23)26-21(27-20(24)17-22)14-10-5-3-2-4-6-11-15-25-18-12-8-7-9-13-18/h5,7-10,12-13H,2-4,6,11,14-17H2,1H3. The Balaban J connectivity index is 1.50. The number of carbonyl (C=O) groups excluding carboxylic acids is 2. The number of hydrogen-bond donors (Lipinski definition) is 0. The third-order valence-electron chi connectivity index (χ3n) is 4.10. The van der Waals surface area contributed by atoms with Crippen molar-refractivity contribution in [2.75, 3.05) is 26.7 Å². The summed E-state index contributed by atoms with van der Waals surface area (Å²) >= 11 is 0. The highest BCUT2D eigenvalue weighted by Crippen LogP contribution is 2.11. The molecule has 1 aliphatic rings. The molecule has 1 fully saturated rings. The number of para-hydroxylation sites is 1. The SMILES string of the molecule is CN1CC(=O)OB(CC=CCCCCCCOc2ccccc2)OC(=O)C1. The first-order valence-corrected chi connectivity index (χ1v) is 9.54. The predicted molar refractivity (Wildman–Crippen MR) is 104 cm³/mol. The molecule has 0 unspecified atom stereocenters. The lowest BCUT2D eigenvalue weighted by molar-refractivity contribution is -0.145. The van der Waals surface area contributed by atoms with Crippen LogP contribution >= 0.6 is 0 Å². The highest BCUT2D eigenvalue weighted by molar-refractivity contribution is 6.49. The van der Waals surface area contributed by atoms with Gasteiger partial charge in [0, 0.05) is 6.32 Å². The zero-order valence-electron chi connectivity index (χ0n) is 16.0. The number of likely N-dealkylation sites (N-methyl/N-ethyl adjacent to an activating group) is 1. The molecular formula is C20H28BNO5. The molecule has 0 bridgehead atoms. The quantitative estimate of drug-likeness (QED) is 0.357. The van der Waals surface area contributed by atoms with Crippen LogP contribution in [0.25, 0.3) is 0 Å². The summed E-state index contributed by atoms with van der Waals surface area (Å²) < 4.78 is 16.0. The van der Waals surface area contributed by atoms with Gasteiger partial charge in [-0.2, -0.15) is 0 Å². The van der Waals surface area contributed by atoms with E-state index in [1.807, 2.05) is 42.5 Å². The van der Waals surface area contributed by atoms with Gasteiger partial charge in [-0.15, -0.1) is 0 Å². The molecule has 27 heavy (non-hydrogen) atoms. The Hall–Kier alpha value is -2.28. The molecule has 0 radical (unpaired) electrons. The fraction of sp³-hybridized carbons (Fsp3) is 0.500. The fourth-order valence-corrected chi connectivity index (χ4v) is 2.73. The summed E-state index contributed by atoms with van der Waals surface area (Å²) in [7, 11) is 0.862. The summed E-state index contributed by atoms with van der Waals surface area (Å²) in [6.45, 7) is 0.945. The fourth-order valence-electron chi connectivity index (χ4n) is 2.73. The molecule has 0 atom stereocenters. The number of hydrogen-bond acceptors (Lipinski definition) is 6. The number of rotatable bonds is 10. The van der Waals surface area contributed by atoms with E-state index in [1.54, 1.807) is 11.9 Å². The summed E-state index contributed by atoms with van der Waals surface area (Å²) in [6, 6.07) is 9.85. The Morgan fingerprint density at radius 3 is 2.37 bits per heavy atom. The van der Waals surface area contributed by atoms with Crippen molar-refractivity contribution in [2.45, 2.75) is 38.4 Å². The lowest BCUT2D eigenvalue weighted by Crippen LogP contribution is -2.42. The van der Waals surface area contributed by atoms with Crippen LogP contribution in [-0.2, 0) is 18.9 Å². The van der Waals surface area contributed by atoms with Crippen molar-refractivity contribution in [3.8, 4) is 5.75 Å². The maximum Gasteiger partial charge on any atom is 0.602 e. The summed E-state index contributed by atoms with van der Waals surface area (Å²) in [5.41, 5.74) is 0. The van der Waals surface area contributed by atoms with E-state index in [9.17, 15) is 9.59 Å². The summed E-state index contributed by atoms with van der Waals surface area (Å²) in [5, 5.41) is 0. The van der Waals surface area contributed by atoms with Gasteiger partial charge in [-0.25, -0.2) is 0 Å². The van der Waals surface area contributed by atoms with E-state index < -0.39 is 7.12 Å². The molecule has 0 aromatic heterocycles. The molecule has 0 spiro atoms. The molecule has 1 aliphatic heterocycles. The van der Waals surface area contributed by atoms with Crippen molar-refractivity contribution in [3.63, 3.8) is 0 Å². The van der Waals surface area contributed by atoms with E-state index in [-0.39, 0.29) is 25.0 Å². The van der Waals surface area contributed by atoms with Gasteiger partial charge in [0.1, 0.15) is 5.75 Å². The van der Waals surface area contributed by atoms with Crippen molar-refractivity contribution >= 4 is 19.1 Å². The zero-order chi connectivity index (χ0) is 19.3. The summed E-state index contributed by atoms with van der Waals surface area (Å²) in [4.78, 5) is 24.8. The van der Waals surface area contributed by atoms with Gasteiger partial charge in [0.05, 0.1) is 19.7 Å². The Bertz CT molecular complexity index is 588. The van der Waals surface area contributed by atoms with E-state index in [4.69, 9.17) is 14.0 Å². The van der Waals surface area contributed by atoms with Crippen molar-refractivity contribution in [1.29, 1.82) is 0 Å². The summed E-state index contributed by atoms with van der Waals surface area (Å²) in [6.07, 6.45) is 9.72. The second-order valence-corrected chi connectivity index (χ2v) is 6.65. The highest BCUT2D eigenvalue weighted by Gasteiger charge is 2.30. The maximum atomic E-state index is 11.6. The van der Waals surface area contributed by atoms with Crippen LogP contribution in [0.5, 0.6) is 5.75 Å². The van der Waals surface area contributed by atoms with Crippen LogP contribution < -0.4 is 4.74 Å². The number of unbranched alkanes of at least 4 members (excludes halogenated alkanes) is 4. The first-order valence-electron chi connectivity index (χ1n) is 9.54. The minimum Gasteiger partial charge on any atom is -0.498 e. The van der Waals surface area contributed by atoms with Gasteiger partial charge in [-0.1, -0.05) is 43.2 Å². The molecule has 6 nitrogen and oxygen atoms in total. The summed E-state index contributed by atoms with van der Waals surface area (Å²) in [5.74, 6) is 0.171. The van der Waals surface area contributed by atoms with Gasteiger partial charge < -0.3 is 14.0 Å². The third kappa shape index (κ3) is 9.29. The van der Waals surface area contributed by atoms with Gasteiger partial charge in [-0.05, 0) is 38.4 Å². The molecule has 0 amide bonds. The smallest absolute Gasteiger partial charge is 0.498 e. The van der Waals surface area contributed by atoms with Crippen molar-refractivity contribution in [2.24, 2.45) is 0 Å². The molecule has 2 rings (SSSR count). The Morgan fingerprint density at radius 2 is 1.67 bits per heavy atom. The molecule has 1 aromatic rings. The third-order valence-corrected chi connectivity index (χ3v) is 4.10. The highest BCUT2D eigenvalue weighted by atomic mass is 16.6. The minimum atomic E-state index is -0.815. The van der Waals surface area contributed by atoms with Gasteiger partial charge >= 0.3 is 19.1 Å². The van der Waals surface area contributed by atoms with Gasteiger partial charge in [0.2, 0.25) is 0 Å². The molecule has 7 heteroatoms. The molecule has 1 saturated heterocycles. The Labute approximate surface area is 161 Å². The van der Waals surface area contributed by atoms with E-state index in [0.717, 1.165) is 44.5 Å². The largest absolute Gasteiger partial charge is 0.602 e. The molecule has 0 N–H and O–H groups in total. The first kappa shape index (κ1) is 21.0. The van der Waals surface area contributed by atoms with Crippen LogP contribution in [0.4, 0.5) is 0 Å². The molecule has 0 saturated carbocycles. The lowest BCUT2D eigenvalue weighted by Gasteiger charge is -2.21. The van der Waals surface area contributed by atoms with E-state index in [0.29, 0.717) is 6.32 Å². The van der Waals surface area contributed by atoms with Crippen molar-refractivity contribution in [3.05, 3.63) is 42.5 Å². The number of benzene rings is 1. The predicted octanol–water partition coefficient (Wildman–Crippen LogP) is 3.09. The van der Waals surface area contributed by atoms with Crippen LogP contribution in [0.2, 0.25) is 6.32 Å². The van der Waals surface area contributed by atoms with E-state index in [2.05, 4.69) is 0 Å². The van der Waals surface area contributed by atoms with Crippen LogP contribution in [0, 0.1) is 0 Å². The van der Waals surface area contributed by atoms with Crippen LogP contribution in [0.15, 0.2) is 42.5 Å². The van der Waals surface area contributed by atoms with E-state index in [1.165, 1.54) is 0 Å². The first-order chi connectivity index (χ1) is 13.1. The molecule has 0 aliphatic carbocycles. The number of ether oxygens (including phenoxy) is 1. The number of allylic oxidation sites excluding steroid dienone is 2. The Kier molecular flexibility index (Phi) is 9.48. The molecule has 146 valence electrons. The molecular weight excluding hydrogens is 345 g/mol. The number of carbonyl (C=O) groups is 2. The van der Waals surface area contributed by atoms with Crippen LogP contribution in [0.3, 0.4) is 0 Å². The lowest BCUT2D eigenvalue weighted by atomic mass is 9.84. The maximum absolute atomic E-state index is 11.6.